The van der Waals surface area contributed by atoms with Crippen molar-refractivity contribution in [3.8, 4) is 0 Å². The van der Waals surface area contributed by atoms with Crippen molar-refractivity contribution >= 4 is 12.6 Å². The van der Waals surface area contributed by atoms with Crippen molar-refractivity contribution in [1.29, 1.82) is 0 Å². The lowest BCUT2D eigenvalue weighted by molar-refractivity contribution is 0.419. The summed E-state index contributed by atoms with van der Waals surface area (Å²) in [5.41, 5.74) is -0.394. The maximum atomic E-state index is 10.9. The van der Waals surface area contributed by atoms with Gasteiger partial charge in [0.25, 0.3) is 0 Å². The summed E-state index contributed by atoms with van der Waals surface area (Å²) in [6.07, 6.45) is 0. The molecule has 0 unspecified atom stereocenters. The molecule has 0 aromatic carbocycles. The molecule has 0 aliphatic carbocycles. The molecule has 2 N–H and O–H groups in total. The van der Waals surface area contributed by atoms with Crippen LogP contribution >= 0.6 is 0 Å². The smallest absolute Gasteiger partial charge is 0.428 e. The fraction of sp³-hybridized carbons (Fsp3) is 0.375. The van der Waals surface area contributed by atoms with Crippen LogP contribution in [-0.4, -0.2) is 17.2 Å². The summed E-state index contributed by atoms with van der Waals surface area (Å²) in [5.74, 6) is 0.502. The molecule has 1 rings (SSSR count). The van der Waals surface area contributed by atoms with Gasteiger partial charge >= 0.3 is 12.7 Å². The highest BCUT2D eigenvalue weighted by Crippen LogP contribution is 2.09. The molecule has 0 bridgehead atoms. The third-order valence-electron chi connectivity index (χ3n) is 1.68. The van der Waals surface area contributed by atoms with E-state index in [4.69, 9.17) is 14.5 Å². The number of rotatable bonds is 2. The standard InChI is InChI=1S/C8H11BO4/c1-5(2)7-3-6(9(11)12)4-8(10)13-7/h3-5,11-12H,1-2H3. The van der Waals surface area contributed by atoms with E-state index in [0.717, 1.165) is 6.07 Å². The second-order valence-electron chi connectivity index (χ2n) is 3.14. The average Bonchev–Trinajstić information content (AvgIpc) is 2.03. The summed E-state index contributed by atoms with van der Waals surface area (Å²) in [7, 11) is -1.62. The van der Waals surface area contributed by atoms with Gasteiger partial charge in [-0.2, -0.15) is 0 Å². The van der Waals surface area contributed by atoms with Crippen LogP contribution in [0.25, 0.3) is 0 Å². The van der Waals surface area contributed by atoms with Crippen LogP contribution in [0.5, 0.6) is 0 Å². The van der Waals surface area contributed by atoms with E-state index in [1.165, 1.54) is 6.07 Å². The summed E-state index contributed by atoms with van der Waals surface area (Å²) in [4.78, 5) is 10.9. The molecule has 1 aromatic heterocycles. The van der Waals surface area contributed by atoms with Crippen LogP contribution in [0, 0.1) is 0 Å². The Kier molecular flexibility index (Phi) is 2.90. The Morgan fingerprint density at radius 1 is 1.38 bits per heavy atom. The molecule has 4 nitrogen and oxygen atoms in total. The zero-order valence-electron chi connectivity index (χ0n) is 7.52. The molecule has 0 aliphatic heterocycles. The Morgan fingerprint density at radius 3 is 2.46 bits per heavy atom. The molecule has 1 heterocycles. The van der Waals surface area contributed by atoms with Gasteiger partial charge in [-0.3, -0.25) is 0 Å². The van der Waals surface area contributed by atoms with Gasteiger partial charge < -0.3 is 14.5 Å². The predicted octanol–water partition coefficient (Wildman–Crippen LogP) is -0.557. The average molecular weight is 182 g/mol. The monoisotopic (exact) mass is 182 g/mol. The Bertz CT molecular complexity index is 313. The largest absolute Gasteiger partial charge is 0.488 e. The zero-order chi connectivity index (χ0) is 10.0. The minimum absolute atomic E-state index is 0.0476. The van der Waals surface area contributed by atoms with Gasteiger partial charge in [0.05, 0.1) is 0 Å². The van der Waals surface area contributed by atoms with Crippen molar-refractivity contribution in [2.75, 3.05) is 0 Å². The highest BCUT2D eigenvalue weighted by molar-refractivity contribution is 6.58. The molecule has 13 heavy (non-hydrogen) atoms. The van der Waals surface area contributed by atoms with Crippen molar-refractivity contribution in [3.05, 3.63) is 28.3 Å². The molecule has 0 saturated heterocycles. The molecule has 0 saturated carbocycles. The van der Waals surface area contributed by atoms with E-state index in [1.54, 1.807) is 0 Å². The van der Waals surface area contributed by atoms with E-state index < -0.39 is 12.7 Å². The maximum absolute atomic E-state index is 10.9. The first-order chi connectivity index (χ1) is 6.00. The van der Waals surface area contributed by atoms with Crippen molar-refractivity contribution < 1.29 is 14.5 Å². The van der Waals surface area contributed by atoms with Gasteiger partial charge in [-0.25, -0.2) is 4.79 Å². The number of hydrogen-bond acceptors (Lipinski definition) is 4. The van der Waals surface area contributed by atoms with Crippen LogP contribution in [0.2, 0.25) is 0 Å². The first-order valence-corrected chi connectivity index (χ1v) is 4.02. The Balaban J connectivity index is 3.19. The molecule has 0 radical (unpaired) electrons. The maximum Gasteiger partial charge on any atom is 0.488 e. The molecule has 0 amide bonds. The summed E-state index contributed by atoms with van der Waals surface area (Å²) < 4.78 is 4.85. The second-order valence-corrected chi connectivity index (χ2v) is 3.14. The second kappa shape index (κ2) is 3.76. The molecule has 0 spiro atoms. The molecule has 70 valence electrons. The van der Waals surface area contributed by atoms with Gasteiger partial charge in [0, 0.05) is 12.0 Å². The number of hydrogen-bond donors (Lipinski definition) is 2. The van der Waals surface area contributed by atoms with Gasteiger partial charge in [-0.05, 0) is 11.5 Å². The summed E-state index contributed by atoms with van der Waals surface area (Å²) in [6.45, 7) is 3.71. The van der Waals surface area contributed by atoms with Crippen LogP contribution in [0.4, 0.5) is 0 Å². The summed E-state index contributed by atoms with van der Waals surface area (Å²) in [6, 6.07) is 2.54. The van der Waals surface area contributed by atoms with Crippen molar-refractivity contribution in [2.24, 2.45) is 0 Å². The molecular weight excluding hydrogens is 171 g/mol. The fourth-order valence-electron chi connectivity index (χ4n) is 0.951. The lowest BCUT2D eigenvalue weighted by Gasteiger charge is -2.04. The van der Waals surface area contributed by atoms with Crippen LogP contribution in [0.1, 0.15) is 25.5 Å². The Morgan fingerprint density at radius 2 is 2.00 bits per heavy atom. The van der Waals surface area contributed by atoms with E-state index in [9.17, 15) is 4.79 Å². The van der Waals surface area contributed by atoms with E-state index in [0.29, 0.717) is 5.76 Å². The zero-order valence-corrected chi connectivity index (χ0v) is 7.52. The van der Waals surface area contributed by atoms with Crippen LogP contribution in [0.15, 0.2) is 21.3 Å². The molecule has 0 fully saturated rings. The van der Waals surface area contributed by atoms with Gasteiger partial charge in [0.1, 0.15) is 5.76 Å². The van der Waals surface area contributed by atoms with E-state index in [2.05, 4.69) is 0 Å². The van der Waals surface area contributed by atoms with Crippen molar-refractivity contribution in [3.63, 3.8) is 0 Å². The van der Waals surface area contributed by atoms with Crippen molar-refractivity contribution in [1.82, 2.24) is 0 Å². The lowest BCUT2D eigenvalue weighted by Crippen LogP contribution is -2.32. The van der Waals surface area contributed by atoms with Gasteiger partial charge in [-0.1, -0.05) is 13.8 Å². The molecule has 0 atom stereocenters. The first kappa shape index (κ1) is 10.0. The SMILES string of the molecule is CC(C)c1cc(B(O)O)cc(=O)o1. The van der Waals surface area contributed by atoms with E-state index >= 15 is 0 Å². The first-order valence-electron chi connectivity index (χ1n) is 4.02. The van der Waals surface area contributed by atoms with Gasteiger partial charge in [0.15, 0.2) is 0 Å². The van der Waals surface area contributed by atoms with Gasteiger partial charge in [-0.15, -0.1) is 0 Å². The van der Waals surface area contributed by atoms with Crippen molar-refractivity contribution in [2.45, 2.75) is 19.8 Å². The molecule has 5 heteroatoms. The van der Waals surface area contributed by atoms with E-state index in [-0.39, 0.29) is 11.4 Å². The van der Waals surface area contributed by atoms with Crippen LogP contribution in [-0.2, 0) is 0 Å². The predicted molar refractivity (Wildman–Crippen MR) is 48.9 cm³/mol. The third-order valence-corrected chi connectivity index (χ3v) is 1.68. The van der Waals surface area contributed by atoms with E-state index in [1.807, 2.05) is 13.8 Å². The quantitative estimate of drug-likeness (QED) is 0.601. The third kappa shape index (κ3) is 2.43. The summed E-state index contributed by atoms with van der Waals surface area (Å²) in [5, 5.41) is 17.7. The molecule has 0 aliphatic rings. The Hall–Kier alpha value is -1.07. The Labute approximate surface area is 76.0 Å². The van der Waals surface area contributed by atoms with Crippen LogP contribution in [0.3, 0.4) is 0 Å². The highest BCUT2D eigenvalue weighted by atomic mass is 16.4. The fourth-order valence-corrected chi connectivity index (χ4v) is 0.951. The van der Waals surface area contributed by atoms with Gasteiger partial charge in [0.2, 0.25) is 0 Å². The topological polar surface area (TPSA) is 70.7 Å². The van der Waals surface area contributed by atoms with Crippen LogP contribution < -0.4 is 11.1 Å². The highest BCUT2D eigenvalue weighted by Gasteiger charge is 2.14. The molecular formula is C8H11BO4. The lowest BCUT2D eigenvalue weighted by atomic mass is 9.80. The summed E-state index contributed by atoms with van der Waals surface area (Å²) >= 11 is 0. The minimum atomic E-state index is -1.62. The minimum Gasteiger partial charge on any atom is -0.428 e. The normalized spacial score (nSPS) is 10.5. The molecule has 1 aromatic rings.